The molecule has 0 bridgehead atoms. The number of hydrogen-bond donors (Lipinski definition) is 2. The minimum Gasteiger partial charge on any atom is -0.497 e. The zero-order valence-electron chi connectivity index (χ0n) is 35.0. The highest BCUT2D eigenvalue weighted by atomic mass is 16.5. The average molecular weight is 699 g/mol. The molecule has 9 heteroatoms. The second-order valence-corrected chi connectivity index (χ2v) is 18.6. The van der Waals surface area contributed by atoms with E-state index in [1.54, 1.807) is 0 Å². The molecular weight excluding hydrogens is 616 g/mol. The van der Waals surface area contributed by atoms with Gasteiger partial charge in [0.1, 0.15) is 13.2 Å². The summed E-state index contributed by atoms with van der Waals surface area (Å²) in [6, 6.07) is 0. The van der Waals surface area contributed by atoms with Crippen molar-refractivity contribution < 1.29 is 24.5 Å². The highest BCUT2D eigenvalue weighted by Gasteiger charge is 2.54. The van der Waals surface area contributed by atoms with Crippen molar-refractivity contribution in [3.05, 3.63) is 12.3 Å². The van der Waals surface area contributed by atoms with Gasteiger partial charge in [0.15, 0.2) is 0 Å². The van der Waals surface area contributed by atoms with Gasteiger partial charge in [0.2, 0.25) is 0 Å². The van der Waals surface area contributed by atoms with Crippen LogP contribution in [0.3, 0.4) is 0 Å². The van der Waals surface area contributed by atoms with Gasteiger partial charge in [-0.05, 0) is 109 Å². The summed E-state index contributed by atoms with van der Waals surface area (Å²) in [6.07, 6.45) is 3.80. The first-order valence-electron chi connectivity index (χ1n) is 18.8. The third-order valence-electron chi connectivity index (χ3n) is 11.0. The lowest BCUT2D eigenvalue weighted by Crippen LogP contribution is -2.50. The third kappa shape index (κ3) is 17.2. The van der Waals surface area contributed by atoms with Gasteiger partial charge in [-0.25, -0.2) is 0 Å². The molecule has 2 atom stereocenters. The van der Waals surface area contributed by atoms with Crippen molar-refractivity contribution in [2.75, 3.05) is 107 Å². The van der Waals surface area contributed by atoms with Crippen LogP contribution in [0.25, 0.3) is 0 Å². The minimum atomic E-state index is -0.763. The Morgan fingerprint density at radius 1 is 0.653 bits per heavy atom. The lowest BCUT2D eigenvalue weighted by molar-refractivity contribution is -0.168. The second-order valence-electron chi connectivity index (χ2n) is 18.6. The largest absolute Gasteiger partial charge is 0.497 e. The number of rotatable bonds is 26. The fourth-order valence-corrected chi connectivity index (χ4v) is 6.62. The quantitative estimate of drug-likeness (QED) is 0.0822. The van der Waals surface area contributed by atoms with E-state index >= 15 is 0 Å². The Hall–Kier alpha value is -1.23. The first-order valence-corrected chi connectivity index (χ1v) is 18.8. The maximum Gasteiger partial charge on any atom is 0.312 e. The van der Waals surface area contributed by atoms with Crippen molar-refractivity contribution in [2.45, 2.75) is 102 Å². The van der Waals surface area contributed by atoms with Crippen molar-refractivity contribution in [1.82, 2.24) is 19.6 Å². The topological polar surface area (TPSA) is 89.0 Å². The molecule has 0 saturated carbocycles. The Balaban J connectivity index is 6.05. The molecule has 0 aliphatic heterocycles. The number of esters is 1. The molecule has 0 aromatic carbocycles. The van der Waals surface area contributed by atoms with E-state index < -0.39 is 5.41 Å². The van der Waals surface area contributed by atoms with Crippen molar-refractivity contribution in [1.29, 1.82) is 0 Å². The first-order chi connectivity index (χ1) is 22.3. The molecule has 0 saturated heterocycles. The summed E-state index contributed by atoms with van der Waals surface area (Å²) >= 11 is 0. The predicted octanol–water partition coefficient (Wildman–Crippen LogP) is 6.10. The van der Waals surface area contributed by atoms with Crippen molar-refractivity contribution in [3.63, 3.8) is 0 Å². The number of aliphatic hydroxyl groups excluding tert-OH is 2. The standard InChI is InChI=1S/C40H82N4O5/c1-33(48-29-25-43(21-17-19-41(13)14)22-18-20-42(15)16)34(31-36(2,3)4)39(10,11)38(8,9)32-40(12,37(5,6)7)35(47)49-30-26-44(23-27-45)24-28-46/h34,45-46H,1,17-32H2,2-16H3. The Morgan fingerprint density at radius 2 is 1.08 bits per heavy atom. The van der Waals surface area contributed by atoms with Crippen LogP contribution in [0.4, 0.5) is 0 Å². The zero-order chi connectivity index (χ0) is 38.3. The smallest absolute Gasteiger partial charge is 0.312 e. The molecule has 0 aromatic heterocycles. The van der Waals surface area contributed by atoms with Gasteiger partial charge in [-0.15, -0.1) is 0 Å². The molecule has 0 spiro atoms. The maximum atomic E-state index is 14.0. The molecule has 2 unspecified atom stereocenters. The third-order valence-corrected chi connectivity index (χ3v) is 11.0. The van der Waals surface area contributed by atoms with E-state index in [1.165, 1.54) is 0 Å². The normalized spacial score (nSPS) is 15.3. The van der Waals surface area contributed by atoms with Gasteiger partial charge < -0.3 is 29.5 Å². The van der Waals surface area contributed by atoms with Gasteiger partial charge >= 0.3 is 5.97 Å². The lowest BCUT2D eigenvalue weighted by Gasteiger charge is -2.53. The van der Waals surface area contributed by atoms with Crippen LogP contribution >= 0.6 is 0 Å². The molecule has 2 N–H and O–H groups in total. The molecule has 0 aliphatic rings. The van der Waals surface area contributed by atoms with Crippen molar-refractivity contribution >= 4 is 5.97 Å². The SMILES string of the molecule is C=C(OCCN(CCCN(C)C)CCCN(C)C)C(CC(C)(C)C)C(C)(C)C(C)(C)CC(C)(C(=O)OCCN(CCO)CCO)C(C)(C)C. The fourth-order valence-electron chi connectivity index (χ4n) is 6.62. The number of nitrogens with zero attached hydrogens (tertiary/aromatic N) is 4. The molecule has 9 nitrogen and oxygen atoms in total. The Morgan fingerprint density at radius 3 is 1.47 bits per heavy atom. The Bertz CT molecular complexity index is 918. The molecule has 292 valence electrons. The van der Waals surface area contributed by atoms with Crippen LogP contribution in [0.15, 0.2) is 12.3 Å². The Labute approximate surface area is 303 Å². The molecule has 0 fully saturated rings. The van der Waals surface area contributed by atoms with Gasteiger partial charge in [0.25, 0.3) is 0 Å². The first kappa shape index (κ1) is 47.8. The number of aliphatic hydroxyl groups is 2. The fraction of sp³-hybridized carbons (Fsp3) is 0.925. The summed E-state index contributed by atoms with van der Waals surface area (Å²) in [5, 5.41) is 18.8. The summed E-state index contributed by atoms with van der Waals surface area (Å²) in [5.74, 6) is 0.703. The molecular formula is C40H82N4O5. The zero-order valence-corrected chi connectivity index (χ0v) is 35.0. The second kappa shape index (κ2) is 21.3. The number of hydrogen-bond acceptors (Lipinski definition) is 9. The van der Waals surface area contributed by atoms with Gasteiger partial charge in [-0.2, -0.15) is 0 Å². The van der Waals surface area contributed by atoms with E-state index in [1.807, 2.05) is 4.90 Å². The van der Waals surface area contributed by atoms with E-state index in [0.29, 0.717) is 32.7 Å². The number of carbonyl (C=O) groups excluding carboxylic acids is 1. The van der Waals surface area contributed by atoms with E-state index in [-0.39, 0.29) is 53.4 Å². The minimum absolute atomic E-state index is 0.00648. The Kier molecular flexibility index (Phi) is 20.8. The lowest BCUT2D eigenvalue weighted by atomic mass is 9.51. The van der Waals surface area contributed by atoms with Crippen LogP contribution < -0.4 is 0 Å². The highest BCUT2D eigenvalue weighted by molar-refractivity contribution is 5.77. The number of allylic oxidation sites excluding steroid dienone is 1. The summed E-state index contributed by atoms with van der Waals surface area (Å²) in [6.45, 7) is 36.3. The molecule has 0 rings (SSSR count). The van der Waals surface area contributed by atoms with Crippen LogP contribution in [0.2, 0.25) is 0 Å². The number of ether oxygens (including phenoxy) is 2. The van der Waals surface area contributed by atoms with Gasteiger partial charge in [0.05, 0.1) is 24.4 Å². The monoisotopic (exact) mass is 699 g/mol. The number of carbonyl (C=O) groups is 1. The summed E-state index contributed by atoms with van der Waals surface area (Å²) in [4.78, 5) is 22.9. The highest BCUT2D eigenvalue weighted by Crippen LogP contribution is 2.58. The van der Waals surface area contributed by atoms with E-state index in [9.17, 15) is 15.0 Å². The van der Waals surface area contributed by atoms with Crippen LogP contribution in [-0.2, 0) is 14.3 Å². The van der Waals surface area contributed by atoms with Crippen LogP contribution in [0.1, 0.15) is 102 Å². The van der Waals surface area contributed by atoms with Crippen molar-refractivity contribution in [2.24, 2.45) is 33.0 Å². The van der Waals surface area contributed by atoms with E-state index in [2.05, 4.69) is 126 Å². The van der Waals surface area contributed by atoms with Gasteiger partial charge in [-0.1, -0.05) is 75.8 Å². The van der Waals surface area contributed by atoms with Crippen LogP contribution in [0.5, 0.6) is 0 Å². The molecule has 0 heterocycles. The van der Waals surface area contributed by atoms with Gasteiger partial charge in [0, 0.05) is 32.1 Å². The summed E-state index contributed by atoms with van der Waals surface area (Å²) in [7, 11) is 8.51. The molecule has 0 radical (unpaired) electrons. The summed E-state index contributed by atoms with van der Waals surface area (Å²) < 4.78 is 12.6. The predicted molar refractivity (Wildman–Crippen MR) is 207 cm³/mol. The molecule has 0 aromatic rings. The van der Waals surface area contributed by atoms with Gasteiger partial charge in [-0.3, -0.25) is 14.6 Å². The molecule has 49 heavy (non-hydrogen) atoms. The van der Waals surface area contributed by atoms with E-state index in [0.717, 1.165) is 57.7 Å². The van der Waals surface area contributed by atoms with Crippen molar-refractivity contribution in [3.8, 4) is 0 Å². The van der Waals surface area contributed by atoms with Crippen LogP contribution in [0, 0.1) is 33.0 Å². The van der Waals surface area contributed by atoms with Crippen LogP contribution in [-0.4, -0.2) is 143 Å². The molecule has 0 aliphatic carbocycles. The maximum absolute atomic E-state index is 14.0. The molecule has 0 amide bonds. The van der Waals surface area contributed by atoms with E-state index in [4.69, 9.17) is 9.47 Å². The summed E-state index contributed by atoms with van der Waals surface area (Å²) in [5.41, 5.74) is -1.62. The average Bonchev–Trinajstić information content (AvgIpc) is 2.93.